The number of carbonyl (C=O) groups is 1. The maximum atomic E-state index is 11.9. The first-order valence-electron chi connectivity index (χ1n) is 5.64. The molecule has 0 aromatic carbocycles. The lowest BCUT2D eigenvalue weighted by Crippen LogP contribution is -2.45. The Morgan fingerprint density at radius 1 is 1.47 bits per heavy atom. The van der Waals surface area contributed by atoms with E-state index in [2.05, 4.69) is 0 Å². The Kier molecular flexibility index (Phi) is 2.41. The molecule has 1 heterocycles. The van der Waals surface area contributed by atoms with Gasteiger partial charge in [-0.25, -0.2) is 4.79 Å². The zero-order chi connectivity index (χ0) is 11.2. The standard InChI is InChI=1S/C11H20N2O2/c1-11(2,3)15-10(14)13-8(6-12)4-7-5-9(7)13/h7-9H,4-6,12H2,1-3H3/t7-,8-,9+/m1/s1. The van der Waals surface area contributed by atoms with Gasteiger partial charge in [-0.3, -0.25) is 0 Å². The van der Waals surface area contributed by atoms with Gasteiger partial charge in [0.1, 0.15) is 5.60 Å². The van der Waals surface area contributed by atoms with Gasteiger partial charge in [0, 0.05) is 18.6 Å². The largest absolute Gasteiger partial charge is 0.444 e. The molecular formula is C11H20N2O2. The van der Waals surface area contributed by atoms with Crippen molar-refractivity contribution in [2.24, 2.45) is 11.7 Å². The van der Waals surface area contributed by atoms with Crippen LogP contribution in [-0.4, -0.2) is 35.2 Å². The van der Waals surface area contributed by atoms with E-state index < -0.39 is 5.60 Å². The van der Waals surface area contributed by atoms with Gasteiger partial charge in [0.15, 0.2) is 0 Å². The second kappa shape index (κ2) is 3.37. The van der Waals surface area contributed by atoms with Gasteiger partial charge in [0.25, 0.3) is 0 Å². The first-order chi connectivity index (χ1) is 6.92. The lowest BCUT2D eigenvalue weighted by atomic mass is 10.2. The van der Waals surface area contributed by atoms with Crippen LogP contribution in [0.25, 0.3) is 0 Å². The molecule has 1 aliphatic heterocycles. The molecule has 1 saturated heterocycles. The third-order valence-electron chi connectivity index (χ3n) is 3.09. The van der Waals surface area contributed by atoms with Crippen molar-refractivity contribution in [1.82, 2.24) is 4.90 Å². The Balaban J connectivity index is 1.99. The molecule has 0 aromatic heterocycles. The van der Waals surface area contributed by atoms with E-state index in [1.165, 1.54) is 0 Å². The molecule has 2 fully saturated rings. The van der Waals surface area contributed by atoms with Crippen molar-refractivity contribution in [3.8, 4) is 0 Å². The first kappa shape index (κ1) is 10.7. The van der Waals surface area contributed by atoms with Crippen LogP contribution in [0.4, 0.5) is 4.79 Å². The fourth-order valence-electron chi connectivity index (χ4n) is 2.37. The van der Waals surface area contributed by atoms with E-state index in [1.54, 1.807) is 0 Å². The summed E-state index contributed by atoms with van der Waals surface area (Å²) in [4.78, 5) is 13.8. The normalized spacial score (nSPS) is 33.9. The van der Waals surface area contributed by atoms with E-state index in [1.807, 2.05) is 25.7 Å². The van der Waals surface area contributed by atoms with Gasteiger partial charge >= 0.3 is 6.09 Å². The number of piperidine rings is 1. The number of nitrogens with zero attached hydrogens (tertiary/aromatic N) is 1. The van der Waals surface area contributed by atoms with Crippen LogP contribution in [0, 0.1) is 5.92 Å². The molecule has 1 amide bonds. The highest BCUT2D eigenvalue weighted by Crippen LogP contribution is 2.47. The summed E-state index contributed by atoms with van der Waals surface area (Å²) in [5.74, 6) is 0.686. The number of rotatable bonds is 1. The van der Waals surface area contributed by atoms with Gasteiger partial charge in [0.05, 0.1) is 0 Å². The quantitative estimate of drug-likeness (QED) is 0.713. The minimum atomic E-state index is -0.413. The number of amides is 1. The number of fused-ring (bicyclic) bond motifs is 1. The predicted octanol–water partition coefficient (Wildman–Crippen LogP) is 1.34. The Morgan fingerprint density at radius 2 is 2.13 bits per heavy atom. The van der Waals surface area contributed by atoms with Gasteiger partial charge in [-0.1, -0.05) is 0 Å². The highest BCUT2D eigenvalue weighted by atomic mass is 16.6. The molecule has 0 unspecified atom stereocenters. The molecule has 86 valence electrons. The summed E-state index contributed by atoms with van der Waals surface area (Å²) in [6.45, 7) is 6.22. The molecule has 4 nitrogen and oxygen atoms in total. The smallest absolute Gasteiger partial charge is 0.410 e. The summed E-state index contributed by atoms with van der Waals surface area (Å²) in [6, 6.07) is 0.608. The minimum Gasteiger partial charge on any atom is -0.444 e. The number of likely N-dealkylation sites (tertiary alicyclic amines) is 1. The minimum absolute atomic E-state index is 0.192. The van der Waals surface area contributed by atoms with Crippen molar-refractivity contribution in [2.45, 2.75) is 51.3 Å². The molecule has 1 saturated carbocycles. The van der Waals surface area contributed by atoms with Crippen LogP contribution >= 0.6 is 0 Å². The molecule has 4 heteroatoms. The summed E-state index contributed by atoms with van der Waals surface area (Å²) in [7, 11) is 0. The highest BCUT2D eigenvalue weighted by molar-refractivity contribution is 5.70. The van der Waals surface area contributed by atoms with Crippen LogP contribution in [0.3, 0.4) is 0 Å². The van der Waals surface area contributed by atoms with Crippen molar-refractivity contribution >= 4 is 6.09 Å². The molecule has 2 aliphatic rings. The first-order valence-corrected chi connectivity index (χ1v) is 5.64. The van der Waals surface area contributed by atoms with Crippen LogP contribution in [0.1, 0.15) is 33.6 Å². The van der Waals surface area contributed by atoms with Crippen molar-refractivity contribution in [2.75, 3.05) is 6.54 Å². The Morgan fingerprint density at radius 3 is 2.67 bits per heavy atom. The molecule has 3 atom stereocenters. The van der Waals surface area contributed by atoms with Gasteiger partial charge < -0.3 is 15.4 Å². The topological polar surface area (TPSA) is 55.6 Å². The number of ether oxygens (including phenoxy) is 1. The highest BCUT2D eigenvalue weighted by Gasteiger charge is 2.54. The zero-order valence-corrected chi connectivity index (χ0v) is 9.69. The average Bonchev–Trinajstić information content (AvgIpc) is 2.73. The third-order valence-corrected chi connectivity index (χ3v) is 3.09. The molecule has 0 aromatic rings. The summed E-state index contributed by atoms with van der Waals surface area (Å²) in [5.41, 5.74) is 5.25. The molecule has 2 rings (SSSR count). The molecule has 0 spiro atoms. The maximum Gasteiger partial charge on any atom is 0.410 e. The third kappa shape index (κ3) is 2.09. The monoisotopic (exact) mass is 212 g/mol. The van der Waals surface area contributed by atoms with Crippen LogP contribution in [0.5, 0.6) is 0 Å². The van der Waals surface area contributed by atoms with Gasteiger partial charge in [0.2, 0.25) is 0 Å². The van der Waals surface area contributed by atoms with E-state index in [0.717, 1.165) is 12.8 Å². The number of hydrogen-bond donors (Lipinski definition) is 1. The number of nitrogens with two attached hydrogens (primary N) is 1. The van der Waals surface area contributed by atoms with Crippen LogP contribution < -0.4 is 5.73 Å². The summed E-state index contributed by atoms with van der Waals surface area (Å²) < 4.78 is 5.38. The molecule has 0 radical (unpaired) electrons. The summed E-state index contributed by atoms with van der Waals surface area (Å²) in [5, 5.41) is 0. The number of hydrogen-bond acceptors (Lipinski definition) is 3. The van der Waals surface area contributed by atoms with Crippen LogP contribution in [-0.2, 0) is 4.74 Å². The fraction of sp³-hybridized carbons (Fsp3) is 0.909. The van der Waals surface area contributed by atoms with Gasteiger partial charge in [-0.15, -0.1) is 0 Å². The van der Waals surface area contributed by atoms with Gasteiger partial charge in [-0.2, -0.15) is 0 Å². The van der Waals surface area contributed by atoms with Crippen molar-refractivity contribution in [3.05, 3.63) is 0 Å². The summed E-state index contributed by atoms with van der Waals surface area (Å²) >= 11 is 0. The number of carbonyl (C=O) groups excluding carboxylic acids is 1. The van der Waals surface area contributed by atoms with Crippen LogP contribution in [0.15, 0.2) is 0 Å². The lowest BCUT2D eigenvalue weighted by molar-refractivity contribution is 0.0191. The molecule has 15 heavy (non-hydrogen) atoms. The average molecular weight is 212 g/mol. The van der Waals surface area contributed by atoms with Crippen molar-refractivity contribution < 1.29 is 9.53 Å². The van der Waals surface area contributed by atoms with Gasteiger partial charge in [-0.05, 0) is 39.5 Å². The van der Waals surface area contributed by atoms with E-state index in [0.29, 0.717) is 18.5 Å². The molecule has 0 bridgehead atoms. The Hall–Kier alpha value is -0.770. The SMILES string of the molecule is CC(C)(C)OC(=O)N1[C@@H](CN)C[C@@H]2C[C@@H]21. The van der Waals surface area contributed by atoms with E-state index in [9.17, 15) is 4.79 Å². The molecule has 1 aliphatic carbocycles. The van der Waals surface area contributed by atoms with Crippen molar-refractivity contribution in [3.63, 3.8) is 0 Å². The van der Waals surface area contributed by atoms with E-state index in [-0.39, 0.29) is 12.1 Å². The van der Waals surface area contributed by atoms with E-state index >= 15 is 0 Å². The predicted molar refractivity (Wildman–Crippen MR) is 57.4 cm³/mol. The Labute approximate surface area is 90.8 Å². The zero-order valence-electron chi connectivity index (χ0n) is 9.69. The lowest BCUT2D eigenvalue weighted by Gasteiger charge is -2.29. The van der Waals surface area contributed by atoms with Crippen molar-refractivity contribution in [1.29, 1.82) is 0 Å². The summed E-state index contributed by atoms with van der Waals surface area (Å²) in [6.07, 6.45) is 2.00. The molecule has 2 N–H and O–H groups in total. The fourth-order valence-corrected chi connectivity index (χ4v) is 2.37. The second-order valence-corrected chi connectivity index (χ2v) is 5.58. The van der Waals surface area contributed by atoms with Crippen LogP contribution in [0.2, 0.25) is 0 Å². The maximum absolute atomic E-state index is 11.9. The second-order valence-electron chi connectivity index (χ2n) is 5.58. The Bertz CT molecular complexity index is 272. The molecular weight excluding hydrogens is 192 g/mol. The van der Waals surface area contributed by atoms with E-state index in [4.69, 9.17) is 10.5 Å².